The lowest BCUT2D eigenvalue weighted by Crippen LogP contribution is -2.27. The van der Waals surface area contributed by atoms with E-state index in [0.29, 0.717) is 0 Å². The van der Waals surface area contributed by atoms with Crippen molar-refractivity contribution in [3.8, 4) is 0 Å². The van der Waals surface area contributed by atoms with Gasteiger partial charge in [-0.25, -0.2) is 0 Å². The van der Waals surface area contributed by atoms with Crippen molar-refractivity contribution in [1.82, 2.24) is 24.5 Å². The fourth-order valence-corrected chi connectivity index (χ4v) is 2.13. The number of rotatable bonds is 8. The van der Waals surface area contributed by atoms with Gasteiger partial charge in [0.05, 0.1) is 30.7 Å². The molecule has 2 aromatic heterocycles. The Kier molecular flexibility index (Phi) is 5.17. The molecule has 0 unspecified atom stereocenters. The van der Waals surface area contributed by atoms with Crippen LogP contribution < -0.4 is 5.32 Å². The van der Waals surface area contributed by atoms with E-state index in [-0.39, 0.29) is 0 Å². The first-order valence-electron chi connectivity index (χ1n) is 7.18. The van der Waals surface area contributed by atoms with E-state index in [4.69, 9.17) is 0 Å². The molecule has 1 N–H and O–H groups in total. The SMILES string of the molecule is CCN(CC)CCn1cc(NCc2ccnn2C)cn1. The van der Waals surface area contributed by atoms with Crippen LogP contribution in [0.3, 0.4) is 0 Å². The van der Waals surface area contributed by atoms with Gasteiger partial charge in [-0.05, 0) is 19.2 Å². The minimum Gasteiger partial charge on any atom is -0.377 e. The van der Waals surface area contributed by atoms with E-state index >= 15 is 0 Å². The molecule has 0 atom stereocenters. The Labute approximate surface area is 120 Å². The second-order valence-corrected chi connectivity index (χ2v) is 4.82. The van der Waals surface area contributed by atoms with Crippen molar-refractivity contribution in [3.63, 3.8) is 0 Å². The Hall–Kier alpha value is -1.82. The van der Waals surface area contributed by atoms with Gasteiger partial charge < -0.3 is 10.2 Å². The Morgan fingerprint density at radius 1 is 1.25 bits per heavy atom. The number of likely N-dealkylation sites (N-methyl/N-ethyl adjacent to an activating group) is 1. The fraction of sp³-hybridized carbons (Fsp3) is 0.571. The molecule has 0 fully saturated rings. The molecule has 0 saturated carbocycles. The van der Waals surface area contributed by atoms with Gasteiger partial charge in [0.25, 0.3) is 0 Å². The fourth-order valence-electron chi connectivity index (χ4n) is 2.13. The monoisotopic (exact) mass is 276 g/mol. The smallest absolute Gasteiger partial charge is 0.0729 e. The van der Waals surface area contributed by atoms with Crippen molar-refractivity contribution in [2.24, 2.45) is 7.05 Å². The van der Waals surface area contributed by atoms with E-state index in [0.717, 1.165) is 44.1 Å². The highest BCUT2D eigenvalue weighted by Crippen LogP contribution is 2.07. The largest absolute Gasteiger partial charge is 0.377 e. The zero-order chi connectivity index (χ0) is 14.4. The van der Waals surface area contributed by atoms with E-state index < -0.39 is 0 Å². The van der Waals surface area contributed by atoms with Gasteiger partial charge in [0.2, 0.25) is 0 Å². The zero-order valence-electron chi connectivity index (χ0n) is 12.6. The molecular weight excluding hydrogens is 252 g/mol. The lowest BCUT2D eigenvalue weighted by atomic mass is 10.4. The van der Waals surface area contributed by atoms with Crippen molar-refractivity contribution in [1.29, 1.82) is 0 Å². The summed E-state index contributed by atoms with van der Waals surface area (Å²) >= 11 is 0. The number of aryl methyl sites for hydroxylation is 1. The van der Waals surface area contributed by atoms with Crippen LogP contribution in [0, 0.1) is 0 Å². The zero-order valence-corrected chi connectivity index (χ0v) is 12.6. The van der Waals surface area contributed by atoms with E-state index in [1.807, 2.05) is 34.9 Å². The second kappa shape index (κ2) is 7.09. The second-order valence-electron chi connectivity index (χ2n) is 4.82. The van der Waals surface area contributed by atoms with Gasteiger partial charge in [0, 0.05) is 26.0 Å². The predicted octanol–water partition coefficient (Wildman–Crippen LogP) is 1.57. The number of anilines is 1. The highest BCUT2D eigenvalue weighted by atomic mass is 15.3. The van der Waals surface area contributed by atoms with Crippen LogP contribution in [0.4, 0.5) is 5.69 Å². The summed E-state index contributed by atoms with van der Waals surface area (Å²) in [7, 11) is 1.95. The summed E-state index contributed by atoms with van der Waals surface area (Å²) in [6.45, 7) is 9.27. The van der Waals surface area contributed by atoms with Crippen molar-refractivity contribution in [2.45, 2.75) is 26.9 Å². The van der Waals surface area contributed by atoms with Gasteiger partial charge in [-0.15, -0.1) is 0 Å². The molecule has 2 aromatic rings. The van der Waals surface area contributed by atoms with Crippen LogP contribution in [0.15, 0.2) is 24.7 Å². The Bertz CT molecular complexity index is 511. The molecule has 0 saturated heterocycles. The van der Waals surface area contributed by atoms with Crippen LogP contribution in [-0.4, -0.2) is 44.1 Å². The lowest BCUT2D eigenvalue weighted by Gasteiger charge is -2.17. The van der Waals surface area contributed by atoms with Gasteiger partial charge in [-0.1, -0.05) is 13.8 Å². The average Bonchev–Trinajstić information content (AvgIpc) is 3.07. The number of hydrogen-bond donors (Lipinski definition) is 1. The van der Waals surface area contributed by atoms with Crippen molar-refractivity contribution < 1.29 is 0 Å². The minimum atomic E-state index is 0.762. The van der Waals surface area contributed by atoms with Gasteiger partial charge in [0.15, 0.2) is 0 Å². The summed E-state index contributed by atoms with van der Waals surface area (Å²) in [5.41, 5.74) is 2.20. The first-order valence-corrected chi connectivity index (χ1v) is 7.18. The van der Waals surface area contributed by atoms with Gasteiger partial charge in [-0.3, -0.25) is 9.36 Å². The Balaban J connectivity index is 1.81. The summed E-state index contributed by atoms with van der Waals surface area (Å²) in [5, 5.41) is 11.9. The minimum absolute atomic E-state index is 0.762. The summed E-state index contributed by atoms with van der Waals surface area (Å²) in [6, 6.07) is 2.01. The molecular formula is C14H24N6. The molecule has 0 aliphatic rings. The van der Waals surface area contributed by atoms with Crippen LogP contribution in [-0.2, 0) is 20.1 Å². The quantitative estimate of drug-likeness (QED) is 0.795. The third kappa shape index (κ3) is 3.84. The molecule has 6 heteroatoms. The van der Waals surface area contributed by atoms with Gasteiger partial charge in [0.1, 0.15) is 0 Å². The molecule has 0 aliphatic heterocycles. The molecule has 0 amide bonds. The van der Waals surface area contributed by atoms with Crippen LogP contribution in [0.2, 0.25) is 0 Å². The molecule has 110 valence electrons. The van der Waals surface area contributed by atoms with E-state index in [9.17, 15) is 0 Å². The maximum atomic E-state index is 4.38. The molecule has 0 radical (unpaired) electrons. The van der Waals surface area contributed by atoms with Gasteiger partial charge in [-0.2, -0.15) is 10.2 Å². The molecule has 0 bridgehead atoms. The molecule has 20 heavy (non-hydrogen) atoms. The highest BCUT2D eigenvalue weighted by Gasteiger charge is 2.03. The van der Waals surface area contributed by atoms with Crippen molar-refractivity contribution in [2.75, 3.05) is 25.0 Å². The van der Waals surface area contributed by atoms with Crippen LogP contribution in [0.5, 0.6) is 0 Å². The molecule has 0 spiro atoms. The first kappa shape index (κ1) is 14.6. The highest BCUT2D eigenvalue weighted by molar-refractivity contribution is 5.38. The third-order valence-corrected chi connectivity index (χ3v) is 3.57. The van der Waals surface area contributed by atoms with E-state index in [1.54, 1.807) is 0 Å². The van der Waals surface area contributed by atoms with Crippen LogP contribution in [0.1, 0.15) is 19.5 Å². The number of nitrogens with zero attached hydrogens (tertiary/aromatic N) is 5. The van der Waals surface area contributed by atoms with Crippen LogP contribution in [0.25, 0.3) is 0 Å². The molecule has 0 aliphatic carbocycles. The molecule has 6 nitrogen and oxygen atoms in total. The Morgan fingerprint density at radius 3 is 2.70 bits per heavy atom. The topological polar surface area (TPSA) is 50.9 Å². The van der Waals surface area contributed by atoms with Crippen molar-refractivity contribution >= 4 is 5.69 Å². The van der Waals surface area contributed by atoms with E-state index in [1.165, 1.54) is 0 Å². The molecule has 2 heterocycles. The normalized spacial score (nSPS) is 11.2. The molecule has 0 aromatic carbocycles. The number of aromatic nitrogens is 4. The lowest BCUT2D eigenvalue weighted by molar-refractivity contribution is 0.285. The summed E-state index contributed by atoms with van der Waals surface area (Å²) in [5.74, 6) is 0. The summed E-state index contributed by atoms with van der Waals surface area (Å²) < 4.78 is 3.86. The first-order chi connectivity index (χ1) is 9.72. The number of hydrogen-bond acceptors (Lipinski definition) is 4. The summed E-state index contributed by atoms with van der Waals surface area (Å²) in [4.78, 5) is 2.39. The van der Waals surface area contributed by atoms with Crippen molar-refractivity contribution in [3.05, 3.63) is 30.4 Å². The third-order valence-electron chi connectivity index (χ3n) is 3.57. The number of nitrogens with one attached hydrogen (secondary N) is 1. The standard InChI is InChI=1S/C14H24N6/c1-4-19(5-2)8-9-20-12-13(10-17-20)15-11-14-6-7-16-18(14)3/h6-7,10,12,15H,4-5,8-9,11H2,1-3H3. The molecule has 2 rings (SSSR count). The van der Waals surface area contributed by atoms with E-state index in [2.05, 4.69) is 40.5 Å². The maximum Gasteiger partial charge on any atom is 0.0729 e. The summed E-state index contributed by atoms with van der Waals surface area (Å²) in [6.07, 6.45) is 5.74. The maximum absolute atomic E-state index is 4.38. The Morgan fingerprint density at radius 2 is 2.05 bits per heavy atom. The predicted molar refractivity (Wildman–Crippen MR) is 80.5 cm³/mol. The average molecular weight is 276 g/mol. The van der Waals surface area contributed by atoms with Gasteiger partial charge >= 0.3 is 0 Å². The van der Waals surface area contributed by atoms with Crippen LogP contribution >= 0.6 is 0 Å².